The maximum Gasteiger partial charge on any atom is 0.311 e. The van der Waals surface area contributed by atoms with E-state index in [9.17, 15) is 14.4 Å². The summed E-state index contributed by atoms with van der Waals surface area (Å²) in [5, 5.41) is 0. The Morgan fingerprint density at radius 2 is 1.93 bits per heavy atom. The Bertz CT molecular complexity index is 711. The van der Waals surface area contributed by atoms with Crippen molar-refractivity contribution in [2.24, 2.45) is 5.92 Å². The number of esters is 1. The zero-order chi connectivity index (χ0) is 20.0. The second-order valence-electron chi connectivity index (χ2n) is 6.90. The van der Waals surface area contributed by atoms with Crippen LogP contribution in [0.25, 0.3) is 0 Å². The topological polar surface area (TPSA) is 66.9 Å². The molecule has 0 spiro atoms. The number of ether oxygens (including phenoxy) is 1. The van der Waals surface area contributed by atoms with Gasteiger partial charge in [0.15, 0.2) is 6.61 Å². The van der Waals surface area contributed by atoms with Crippen molar-refractivity contribution in [3.63, 3.8) is 0 Å². The van der Waals surface area contributed by atoms with Crippen LogP contribution < -0.4 is 4.90 Å². The van der Waals surface area contributed by atoms with Crippen LogP contribution in [0.4, 0.5) is 5.69 Å². The van der Waals surface area contributed by atoms with Crippen molar-refractivity contribution in [2.75, 3.05) is 31.1 Å². The second-order valence-corrected chi connectivity index (χ2v) is 6.90. The average molecular weight is 372 g/mol. The lowest BCUT2D eigenvalue weighted by Crippen LogP contribution is -2.36. The molecule has 1 aromatic rings. The summed E-state index contributed by atoms with van der Waals surface area (Å²) >= 11 is 0. The molecule has 0 aliphatic carbocycles. The number of hydrogen-bond acceptors (Lipinski definition) is 4. The van der Waals surface area contributed by atoms with Crippen molar-refractivity contribution < 1.29 is 19.1 Å². The van der Waals surface area contributed by atoms with Crippen molar-refractivity contribution in [3.05, 3.63) is 42.0 Å². The van der Waals surface area contributed by atoms with Crippen molar-refractivity contribution in [1.82, 2.24) is 4.90 Å². The lowest BCUT2D eigenvalue weighted by atomic mass is 10.1. The van der Waals surface area contributed by atoms with Gasteiger partial charge in [-0.15, -0.1) is 0 Å². The van der Waals surface area contributed by atoms with Gasteiger partial charge in [0.25, 0.3) is 5.91 Å². The third kappa shape index (κ3) is 5.42. The van der Waals surface area contributed by atoms with Crippen LogP contribution in [0.2, 0.25) is 0 Å². The van der Waals surface area contributed by atoms with E-state index < -0.39 is 11.9 Å². The van der Waals surface area contributed by atoms with Gasteiger partial charge in [0.1, 0.15) is 0 Å². The van der Waals surface area contributed by atoms with Gasteiger partial charge >= 0.3 is 5.97 Å². The lowest BCUT2D eigenvalue weighted by Gasteiger charge is -2.21. The molecule has 1 aliphatic heterocycles. The molecule has 146 valence electrons. The fraction of sp³-hybridized carbons (Fsp3) is 0.476. The smallest absolute Gasteiger partial charge is 0.311 e. The van der Waals surface area contributed by atoms with Crippen molar-refractivity contribution >= 4 is 23.5 Å². The minimum Gasteiger partial charge on any atom is -0.455 e. The summed E-state index contributed by atoms with van der Waals surface area (Å²) in [5.74, 6) is -1.42. The van der Waals surface area contributed by atoms with Gasteiger partial charge in [-0.25, -0.2) is 0 Å². The Balaban J connectivity index is 1.91. The molecular formula is C21H28N2O4. The van der Waals surface area contributed by atoms with Crippen LogP contribution in [-0.4, -0.2) is 48.9 Å². The normalized spacial score (nSPS) is 16.3. The largest absolute Gasteiger partial charge is 0.455 e. The molecule has 1 fully saturated rings. The van der Waals surface area contributed by atoms with Crippen molar-refractivity contribution in [2.45, 2.75) is 33.6 Å². The van der Waals surface area contributed by atoms with E-state index in [4.69, 9.17) is 4.74 Å². The Morgan fingerprint density at radius 3 is 2.48 bits per heavy atom. The highest BCUT2D eigenvalue weighted by molar-refractivity contribution is 5.99. The molecule has 1 aromatic carbocycles. The number of carbonyl (C=O) groups is 3. The van der Waals surface area contributed by atoms with Gasteiger partial charge in [-0.1, -0.05) is 31.2 Å². The Morgan fingerprint density at radius 1 is 1.26 bits per heavy atom. The van der Waals surface area contributed by atoms with E-state index in [1.54, 1.807) is 9.80 Å². The summed E-state index contributed by atoms with van der Waals surface area (Å²) in [6.07, 6.45) is 1.03. The Labute approximate surface area is 160 Å². The SMILES string of the molecule is C=C(C)CN(CC)C(=O)COC(=O)C1CC(=O)N(c2ccc(CC)cc2)C1. The third-order valence-electron chi connectivity index (χ3n) is 4.65. The fourth-order valence-corrected chi connectivity index (χ4v) is 3.07. The van der Waals surface area contributed by atoms with Crippen LogP contribution in [0.15, 0.2) is 36.4 Å². The molecule has 6 nitrogen and oxygen atoms in total. The van der Waals surface area contributed by atoms with Gasteiger partial charge in [0.2, 0.25) is 5.91 Å². The van der Waals surface area contributed by atoms with E-state index in [2.05, 4.69) is 13.5 Å². The summed E-state index contributed by atoms with van der Waals surface area (Å²) in [4.78, 5) is 40.0. The van der Waals surface area contributed by atoms with E-state index in [0.29, 0.717) is 13.1 Å². The van der Waals surface area contributed by atoms with Gasteiger partial charge in [-0.3, -0.25) is 14.4 Å². The molecule has 0 aromatic heterocycles. The first-order valence-electron chi connectivity index (χ1n) is 9.33. The molecule has 1 saturated heterocycles. The van der Waals surface area contributed by atoms with E-state index in [0.717, 1.165) is 17.7 Å². The molecule has 1 unspecified atom stereocenters. The van der Waals surface area contributed by atoms with Gasteiger partial charge in [0, 0.05) is 31.7 Å². The molecule has 0 radical (unpaired) electrons. The standard InChI is InChI=1S/C21H28N2O4/c1-5-16-7-9-18(10-8-16)23-13-17(11-19(23)24)21(26)27-14-20(25)22(6-2)12-15(3)4/h7-10,17H,3,5-6,11-14H2,1-2,4H3. The molecule has 0 N–H and O–H groups in total. The molecular weight excluding hydrogens is 344 g/mol. The van der Waals surface area contributed by atoms with Crippen LogP contribution in [0, 0.1) is 5.92 Å². The first kappa shape index (κ1) is 20.7. The Hall–Kier alpha value is -2.63. The zero-order valence-corrected chi connectivity index (χ0v) is 16.4. The lowest BCUT2D eigenvalue weighted by molar-refractivity contribution is -0.155. The quantitative estimate of drug-likeness (QED) is 0.520. The van der Waals surface area contributed by atoms with Gasteiger partial charge in [-0.05, 0) is 38.0 Å². The number of hydrogen-bond donors (Lipinski definition) is 0. The first-order chi connectivity index (χ1) is 12.8. The van der Waals surface area contributed by atoms with Crippen LogP contribution in [-0.2, 0) is 25.5 Å². The molecule has 2 amide bonds. The number of carbonyl (C=O) groups excluding carboxylic acids is 3. The van der Waals surface area contributed by atoms with Crippen molar-refractivity contribution in [3.8, 4) is 0 Å². The van der Waals surface area contributed by atoms with E-state index in [1.165, 1.54) is 5.56 Å². The summed E-state index contributed by atoms with van der Waals surface area (Å²) in [6, 6.07) is 7.75. The number of aryl methyl sites for hydroxylation is 1. The predicted octanol–water partition coefficient (Wildman–Crippen LogP) is 2.57. The monoisotopic (exact) mass is 372 g/mol. The number of amides is 2. The third-order valence-corrected chi connectivity index (χ3v) is 4.65. The summed E-state index contributed by atoms with van der Waals surface area (Å²) in [6.45, 7) is 10.5. The minimum absolute atomic E-state index is 0.103. The van der Waals surface area contributed by atoms with Gasteiger partial charge in [0.05, 0.1) is 5.92 Å². The highest BCUT2D eigenvalue weighted by Gasteiger charge is 2.36. The summed E-state index contributed by atoms with van der Waals surface area (Å²) in [5.41, 5.74) is 2.83. The number of nitrogens with zero attached hydrogens (tertiary/aromatic N) is 2. The van der Waals surface area contributed by atoms with Gasteiger partial charge < -0.3 is 14.5 Å². The molecule has 0 saturated carbocycles. The van der Waals surface area contributed by atoms with Crippen molar-refractivity contribution in [1.29, 1.82) is 0 Å². The minimum atomic E-state index is -0.549. The number of likely N-dealkylation sites (N-methyl/N-ethyl adjacent to an activating group) is 1. The Kier molecular flexibility index (Phi) is 7.16. The highest BCUT2D eigenvalue weighted by atomic mass is 16.5. The van der Waals surface area contributed by atoms with Crippen LogP contribution in [0.5, 0.6) is 0 Å². The highest BCUT2D eigenvalue weighted by Crippen LogP contribution is 2.26. The number of benzene rings is 1. The molecule has 0 bridgehead atoms. The van der Waals surface area contributed by atoms with Gasteiger partial charge in [-0.2, -0.15) is 0 Å². The molecule has 1 atom stereocenters. The molecule has 1 heterocycles. The summed E-state index contributed by atoms with van der Waals surface area (Å²) in [7, 11) is 0. The van der Waals surface area contributed by atoms with Crippen LogP contribution >= 0.6 is 0 Å². The maximum absolute atomic E-state index is 12.3. The summed E-state index contributed by atoms with van der Waals surface area (Å²) < 4.78 is 5.18. The molecule has 1 aliphatic rings. The zero-order valence-electron chi connectivity index (χ0n) is 16.4. The average Bonchev–Trinajstić information content (AvgIpc) is 3.05. The van der Waals surface area contributed by atoms with E-state index in [-0.39, 0.29) is 31.4 Å². The van der Waals surface area contributed by atoms with Crippen LogP contribution in [0.3, 0.4) is 0 Å². The van der Waals surface area contributed by atoms with E-state index in [1.807, 2.05) is 38.1 Å². The number of anilines is 1. The molecule has 27 heavy (non-hydrogen) atoms. The second kappa shape index (κ2) is 9.35. The first-order valence-corrected chi connectivity index (χ1v) is 9.33. The van der Waals surface area contributed by atoms with Crippen LogP contribution in [0.1, 0.15) is 32.8 Å². The van der Waals surface area contributed by atoms with E-state index >= 15 is 0 Å². The predicted molar refractivity (Wildman–Crippen MR) is 104 cm³/mol. The fourth-order valence-electron chi connectivity index (χ4n) is 3.07. The number of rotatable bonds is 8. The molecule has 6 heteroatoms. The molecule has 2 rings (SSSR count). The maximum atomic E-state index is 12.3.